The predicted octanol–water partition coefficient (Wildman–Crippen LogP) is 2.35. The third-order valence-corrected chi connectivity index (χ3v) is 2.97. The van der Waals surface area contributed by atoms with Crippen molar-refractivity contribution < 1.29 is 14.2 Å². The first-order valence-corrected chi connectivity index (χ1v) is 5.52. The van der Waals surface area contributed by atoms with Crippen LogP contribution in [0.25, 0.3) is 0 Å². The highest BCUT2D eigenvalue weighted by Crippen LogP contribution is 2.37. The molecule has 1 unspecified atom stereocenters. The van der Waals surface area contributed by atoms with E-state index in [1.807, 2.05) is 0 Å². The summed E-state index contributed by atoms with van der Waals surface area (Å²) in [6, 6.07) is 2.60. The van der Waals surface area contributed by atoms with Crippen molar-refractivity contribution in [1.82, 2.24) is 5.32 Å². The largest absolute Gasteiger partial charge is 0.504 e. The van der Waals surface area contributed by atoms with Gasteiger partial charge in [-0.3, -0.25) is 0 Å². The number of benzene rings is 1. The fourth-order valence-electron chi connectivity index (χ4n) is 2.13. The van der Waals surface area contributed by atoms with Gasteiger partial charge in [-0.1, -0.05) is 6.42 Å². The van der Waals surface area contributed by atoms with Gasteiger partial charge in [0.2, 0.25) is 0 Å². The van der Waals surface area contributed by atoms with Crippen LogP contribution in [0.5, 0.6) is 11.5 Å². The van der Waals surface area contributed by atoms with Crippen LogP contribution in [-0.4, -0.2) is 18.8 Å². The predicted molar refractivity (Wildman–Crippen MR) is 59.2 cm³/mol. The number of phenolic OH excluding ortho intramolecular Hbond substituents is 1. The Labute approximate surface area is 94.2 Å². The van der Waals surface area contributed by atoms with E-state index in [4.69, 9.17) is 4.74 Å². The van der Waals surface area contributed by atoms with Crippen LogP contribution in [0.3, 0.4) is 0 Å². The molecule has 16 heavy (non-hydrogen) atoms. The van der Waals surface area contributed by atoms with Gasteiger partial charge in [0.25, 0.3) is 0 Å². The summed E-state index contributed by atoms with van der Waals surface area (Å²) in [7, 11) is 1.42. The van der Waals surface area contributed by atoms with E-state index in [0.717, 1.165) is 25.8 Å². The molecule has 4 heteroatoms. The average Bonchev–Trinajstić information content (AvgIpc) is 2.33. The van der Waals surface area contributed by atoms with Crippen LogP contribution in [0.2, 0.25) is 0 Å². The number of hydrogen-bond donors (Lipinski definition) is 2. The lowest BCUT2D eigenvalue weighted by molar-refractivity contribution is 0.351. The third kappa shape index (κ3) is 2.11. The molecule has 0 bridgehead atoms. The maximum absolute atomic E-state index is 13.3. The summed E-state index contributed by atoms with van der Waals surface area (Å²) < 4.78 is 18.3. The first kappa shape index (κ1) is 11.2. The molecule has 3 nitrogen and oxygen atoms in total. The standard InChI is InChI=1S/C12H16FNO2/c1-16-11-7-8(13)6-9(12(11)15)10-4-2-3-5-14-10/h6-7,10,14-15H,2-5H2,1H3. The molecule has 0 amide bonds. The molecule has 1 fully saturated rings. The Balaban J connectivity index is 2.34. The molecule has 0 spiro atoms. The summed E-state index contributed by atoms with van der Waals surface area (Å²) in [6.45, 7) is 0.906. The first-order chi connectivity index (χ1) is 7.72. The second-order valence-electron chi connectivity index (χ2n) is 4.05. The maximum atomic E-state index is 13.3. The minimum absolute atomic E-state index is 0.0262. The van der Waals surface area contributed by atoms with Gasteiger partial charge < -0.3 is 15.2 Å². The van der Waals surface area contributed by atoms with Gasteiger partial charge >= 0.3 is 0 Å². The number of ether oxygens (including phenoxy) is 1. The monoisotopic (exact) mass is 225 g/mol. The van der Waals surface area contributed by atoms with Crippen molar-refractivity contribution >= 4 is 0 Å². The van der Waals surface area contributed by atoms with Crippen molar-refractivity contribution in [1.29, 1.82) is 0 Å². The fraction of sp³-hybridized carbons (Fsp3) is 0.500. The van der Waals surface area contributed by atoms with E-state index >= 15 is 0 Å². The molecule has 1 saturated heterocycles. The summed E-state index contributed by atoms with van der Waals surface area (Å²) in [4.78, 5) is 0. The minimum atomic E-state index is -0.378. The Kier molecular flexibility index (Phi) is 3.29. The van der Waals surface area contributed by atoms with Crippen LogP contribution < -0.4 is 10.1 Å². The molecule has 0 radical (unpaired) electrons. The summed E-state index contributed by atoms with van der Waals surface area (Å²) in [5.74, 6) is -0.136. The van der Waals surface area contributed by atoms with Gasteiger partial charge in [0.05, 0.1) is 7.11 Å². The molecule has 1 aromatic carbocycles. The lowest BCUT2D eigenvalue weighted by Gasteiger charge is -2.25. The van der Waals surface area contributed by atoms with E-state index in [2.05, 4.69) is 5.32 Å². The summed E-state index contributed by atoms with van der Waals surface area (Å²) in [5, 5.41) is 13.2. The number of phenols is 1. The number of nitrogens with one attached hydrogen (secondary N) is 1. The van der Waals surface area contributed by atoms with Crippen LogP contribution >= 0.6 is 0 Å². The van der Waals surface area contributed by atoms with Crippen LogP contribution in [0, 0.1) is 5.82 Å². The van der Waals surface area contributed by atoms with Crippen molar-refractivity contribution in [2.75, 3.05) is 13.7 Å². The smallest absolute Gasteiger partial charge is 0.163 e. The van der Waals surface area contributed by atoms with Crippen molar-refractivity contribution in [3.63, 3.8) is 0 Å². The molecule has 0 aromatic heterocycles. The second kappa shape index (κ2) is 4.70. The normalized spacial score (nSPS) is 20.8. The topological polar surface area (TPSA) is 41.5 Å². The summed E-state index contributed by atoms with van der Waals surface area (Å²) >= 11 is 0. The fourth-order valence-corrected chi connectivity index (χ4v) is 2.13. The lowest BCUT2D eigenvalue weighted by Crippen LogP contribution is -2.26. The van der Waals surface area contributed by atoms with Crippen LogP contribution in [-0.2, 0) is 0 Å². The van der Waals surface area contributed by atoms with Crippen LogP contribution in [0.15, 0.2) is 12.1 Å². The Morgan fingerprint density at radius 3 is 2.88 bits per heavy atom. The Morgan fingerprint density at radius 1 is 1.44 bits per heavy atom. The summed E-state index contributed by atoms with van der Waals surface area (Å²) in [6.07, 6.45) is 3.14. The second-order valence-corrected chi connectivity index (χ2v) is 4.05. The van der Waals surface area contributed by atoms with Gasteiger partial charge in [0.15, 0.2) is 11.5 Å². The molecule has 1 aliphatic heterocycles. The van der Waals surface area contributed by atoms with Gasteiger partial charge in [-0.05, 0) is 25.5 Å². The molecule has 0 aliphatic carbocycles. The van der Waals surface area contributed by atoms with Gasteiger partial charge in [0.1, 0.15) is 5.82 Å². The molecular weight excluding hydrogens is 209 g/mol. The van der Waals surface area contributed by atoms with Gasteiger partial charge in [-0.15, -0.1) is 0 Å². The zero-order valence-corrected chi connectivity index (χ0v) is 9.29. The molecular formula is C12H16FNO2. The van der Waals surface area contributed by atoms with Crippen molar-refractivity contribution in [3.05, 3.63) is 23.5 Å². The molecule has 1 atom stereocenters. The maximum Gasteiger partial charge on any atom is 0.163 e. The number of piperidine rings is 1. The Hall–Kier alpha value is -1.29. The average molecular weight is 225 g/mol. The van der Waals surface area contributed by atoms with Crippen molar-refractivity contribution in [2.45, 2.75) is 25.3 Å². The number of hydrogen-bond acceptors (Lipinski definition) is 3. The molecule has 2 rings (SSSR count). The van der Waals surface area contributed by atoms with E-state index in [-0.39, 0.29) is 23.4 Å². The molecule has 2 N–H and O–H groups in total. The highest BCUT2D eigenvalue weighted by atomic mass is 19.1. The van der Waals surface area contributed by atoms with Gasteiger partial charge in [0, 0.05) is 17.7 Å². The number of halogens is 1. The van der Waals surface area contributed by atoms with Gasteiger partial charge in [-0.2, -0.15) is 0 Å². The quantitative estimate of drug-likeness (QED) is 0.811. The molecule has 0 saturated carbocycles. The van der Waals surface area contributed by atoms with E-state index in [9.17, 15) is 9.50 Å². The van der Waals surface area contributed by atoms with Crippen LogP contribution in [0.4, 0.5) is 4.39 Å². The molecule has 1 aliphatic rings. The third-order valence-electron chi connectivity index (χ3n) is 2.97. The minimum Gasteiger partial charge on any atom is -0.504 e. The van der Waals surface area contributed by atoms with E-state index in [1.54, 1.807) is 0 Å². The Morgan fingerprint density at radius 2 is 2.25 bits per heavy atom. The zero-order chi connectivity index (χ0) is 11.5. The first-order valence-electron chi connectivity index (χ1n) is 5.52. The van der Waals surface area contributed by atoms with Crippen molar-refractivity contribution in [3.8, 4) is 11.5 Å². The molecule has 88 valence electrons. The zero-order valence-electron chi connectivity index (χ0n) is 9.29. The van der Waals surface area contributed by atoms with Gasteiger partial charge in [-0.25, -0.2) is 4.39 Å². The van der Waals surface area contributed by atoms with E-state index in [0.29, 0.717) is 5.56 Å². The molecule has 1 aromatic rings. The number of aromatic hydroxyl groups is 1. The summed E-state index contributed by atoms with van der Waals surface area (Å²) in [5.41, 5.74) is 0.594. The highest BCUT2D eigenvalue weighted by Gasteiger charge is 2.21. The lowest BCUT2D eigenvalue weighted by atomic mass is 9.96. The SMILES string of the molecule is COc1cc(F)cc(C2CCCCN2)c1O. The number of methoxy groups -OCH3 is 1. The Bertz CT molecular complexity index is 376. The molecule has 1 heterocycles. The van der Waals surface area contributed by atoms with Crippen LogP contribution in [0.1, 0.15) is 30.9 Å². The number of rotatable bonds is 2. The van der Waals surface area contributed by atoms with E-state index in [1.165, 1.54) is 19.2 Å². The van der Waals surface area contributed by atoms with E-state index < -0.39 is 0 Å². The van der Waals surface area contributed by atoms with Crippen molar-refractivity contribution in [2.24, 2.45) is 0 Å². The highest BCUT2D eigenvalue weighted by molar-refractivity contribution is 5.47.